The lowest BCUT2D eigenvalue weighted by Crippen LogP contribution is -2.14. The Morgan fingerprint density at radius 1 is 1.00 bits per heavy atom. The van der Waals surface area contributed by atoms with Crippen LogP contribution < -0.4 is 18.9 Å². The SMILES string of the molecule is COc1cc(C2Oc3ccccc3C2CO)cc(OC)c1OC. The molecular formula is C18H20O5. The zero-order valence-corrected chi connectivity index (χ0v) is 13.4. The molecule has 3 rings (SSSR count). The molecule has 1 aliphatic rings. The molecule has 2 aromatic carbocycles. The summed E-state index contributed by atoms with van der Waals surface area (Å²) in [5.74, 6) is 2.34. The van der Waals surface area contributed by atoms with Crippen LogP contribution in [0.4, 0.5) is 0 Å². The smallest absolute Gasteiger partial charge is 0.203 e. The van der Waals surface area contributed by atoms with E-state index in [1.165, 1.54) is 0 Å². The first-order valence-corrected chi connectivity index (χ1v) is 7.39. The molecule has 2 aromatic rings. The molecule has 1 heterocycles. The van der Waals surface area contributed by atoms with E-state index in [1.54, 1.807) is 21.3 Å². The van der Waals surface area contributed by atoms with Crippen molar-refractivity contribution in [3.05, 3.63) is 47.5 Å². The van der Waals surface area contributed by atoms with Crippen molar-refractivity contribution in [3.8, 4) is 23.0 Å². The van der Waals surface area contributed by atoms with Gasteiger partial charge in [0, 0.05) is 11.1 Å². The molecule has 0 saturated heterocycles. The van der Waals surface area contributed by atoms with Crippen molar-refractivity contribution in [1.82, 2.24) is 0 Å². The molecule has 0 amide bonds. The molecule has 2 atom stereocenters. The van der Waals surface area contributed by atoms with Crippen molar-refractivity contribution in [2.75, 3.05) is 27.9 Å². The Bertz CT molecular complexity index is 673. The van der Waals surface area contributed by atoms with Crippen LogP contribution in [0, 0.1) is 0 Å². The number of fused-ring (bicyclic) bond motifs is 1. The summed E-state index contributed by atoms with van der Waals surface area (Å²) in [6.07, 6.45) is -0.300. The van der Waals surface area contributed by atoms with E-state index in [2.05, 4.69) is 0 Å². The standard InChI is InChI=1S/C18H20O5/c1-20-15-8-11(9-16(21-2)18(15)22-3)17-13(10-19)12-6-4-5-7-14(12)23-17/h4-9,13,17,19H,10H2,1-3H3. The molecule has 0 aromatic heterocycles. The lowest BCUT2D eigenvalue weighted by Gasteiger charge is -2.20. The predicted molar refractivity (Wildman–Crippen MR) is 85.7 cm³/mol. The van der Waals surface area contributed by atoms with Gasteiger partial charge in [-0.15, -0.1) is 0 Å². The predicted octanol–water partition coefficient (Wildman–Crippen LogP) is 2.92. The van der Waals surface area contributed by atoms with Crippen molar-refractivity contribution in [1.29, 1.82) is 0 Å². The molecule has 1 N–H and O–H groups in total. The maximum absolute atomic E-state index is 9.83. The van der Waals surface area contributed by atoms with Crippen molar-refractivity contribution >= 4 is 0 Å². The van der Waals surface area contributed by atoms with E-state index in [-0.39, 0.29) is 18.6 Å². The third-order valence-electron chi connectivity index (χ3n) is 4.15. The summed E-state index contributed by atoms with van der Waals surface area (Å²) < 4.78 is 22.2. The summed E-state index contributed by atoms with van der Waals surface area (Å²) in [5, 5.41) is 9.83. The summed E-state index contributed by atoms with van der Waals surface area (Å²) in [6, 6.07) is 11.5. The van der Waals surface area contributed by atoms with Crippen LogP contribution in [0.3, 0.4) is 0 Å². The molecule has 5 heteroatoms. The van der Waals surface area contributed by atoms with E-state index in [1.807, 2.05) is 36.4 Å². The van der Waals surface area contributed by atoms with Crippen LogP contribution >= 0.6 is 0 Å². The van der Waals surface area contributed by atoms with Crippen LogP contribution in [0.2, 0.25) is 0 Å². The van der Waals surface area contributed by atoms with Gasteiger partial charge in [-0.2, -0.15) is 0 Å². The molecule has 0 bridgehead atoms. The second-order valence-corrected chi connectivity index (χ2v) is 5.32. The normalized spacial score (nSPS) is 19.0. The van der Waals surface area contributed by atoms with E-state index < -0.39 is 0 Å². The Balaban J connectivity index is 2.05. The molecule has 5 nitrogen and oxygen atoms in total. The minimum Gasteiger partial charge on any atom is -0.493 e. The highest BCUT2D eigenvalue weighted by Gasteiger charge is 2.35. The molecule has 23 heavy (non-hydrogen) atoms. The zero-order chi connectivity index (χ0) is 16.4. The van der Waals surface area contributed by atoms with Crippen LogP contribution in [0.15, 0.2) is 36.4 Å². The maximum atomic E-state index is 9.83. The molecule has 0 aliphatic carbocycles. The van der Waals surface area contributed by atoms with Gasteiger partial charge in [-0.25, -0.2) is 0 Å². The van der Waals surface area contributed by atoms with Crippen LogP contribution in [0.5, 0.6) is 23.0 Å². The Labute approximate surface area is 135 Å². The van der Waals surface area contributed by atoms with Gasteiger partial charge in [0.25, 0.3) is 0 Å². The molecule has 0 radical (unpaired) electrons. The van der Waals surface area contributed by atoms with Gasteiger partial charge in [0.2, 0.25) is 5.75 Å². The Morgan fingerprint density at radius 2 is 1.65 bits per heavy atom. The molecule has 0 fully saturated rings. The third-order valence-corrected chi connectivity index (χ3v) is 4.15. The van der Waals surface area contributed by atoms with Gasteiger partial charge in [-0.1, -0.05) is 18.2 Å². The molecular weight excluding hydrogens is 296 g/mol. The van der Waals surface area contributed by atoms with E-state index in [4.69, 9.17) is 18.9 Å². The largest absolute Gasteiger partial charge is 0.493 e. The number of aliphatic hydroxyl groups is 1. The fraction of sp³-hybridized carbons (Fsp3) is 0.333. The molecule has 1 aliphatic heterocycles. The summed E-state index contributed by atoms with van der Waals surface area (Å²) in [6.45, 7) is -0.00165. The highest BCUT2D eigenvalue weighted by Crippen LogP contribution is 2.48. The minimum absolute atomic E-state index is 0.00165. The zero-order valence-electron chi connectivity index (χ0n) is 13.4. The summed E-state index contributed by atoms with van der Waals surface area (Å²) in [7, 11) is 4.72. The van der Waals surface area contributed by atoms with Gasteiger partial charge in [0.15, 0.2) is 11.5 Å². The fourth-order valence-corrected chi connectivity index (χ4v) is 3.04. The average Bonchev–Trinajstić information content (AvgIpc) is 2.98. The summed E-state index contributed by atoms with van der Waals surface area (Å²) in [4.78, 5) is 0. The first-order valence-electron chi connectivity index (χ1n) is 7.39. The average molecular weight is 316 g/mol. The Hall–Kier alpha value is -2.40. The van der Waals surface area contributed by atoms with Crippen molar-refractivity contribution < 1.29 is 24.1 Å². The first-order chi connectivity index (χ1) is 11.2. The van der Waals surface area contributed by atoms with Gasteiger partial charge in [0.05, 0.1) is 33.9 Å². The lowest BCUT2D eigenvalue weighted by molar-refractivity contribution is 0.159. The van der Waals surface area contributed by atoms with Gasteiger partial charge in [0.1, 0.15) is 11.9 Å². The lowest BCUT2D eigenvalue weighted by atomic mass is 9.91. The maximum Gasteiger partial charge on any atom is 0.203 e. The number of para-hydroxylation sites is 1. The summed E-state index contributed by atoms with van der Waals surface area (Å²) in [5.41, 5.74) is 1.88. The van der Waals surface area contributed by atoms with Crippen LogP contribution in [-0.2, 0) is 0 Å². The molecule has 2 unspecified atom stereocenters. The fourth-order valence-electron chi connectivity index (χ4n) is 3.04. The van der Waals surface area contributed by atoms with E-state index >= 15 is 0 Å². The van der Waals surface area contributed by atoms with Gasteiger partial charge in [-0.3, -0.25) is 0 Å². The molecule has 122 valence electrons. The molecule has 0 saturated carbocycles. The topological polar surface area (TPSA) is 57.2 Å². The second-order valence-electron chi connectivity index (χ2n) is 5.32. The number of aliphatic hydroxyl groups excluding tert-OH is 1. The highest BCUT2D eigenvalue weighted by molar-refractivity contribution is 5.55. The Morgan fingerprint density at radius 3 is 2.22 bits per heavy atom. The molecule has 0 spiro atoms. The second kappa shape index (κ2) is 6.38. The monoisotopic (exact) mass is 316 g/mol. The van der Waals surface area contributed by atoms with Gasteiger partial charge >= 0.3 is 0 Å². The van der Waals surface area contributed by atoms with Gasteiger partial charge < -0.3 is 24.1 Å². The number of benzene rings is 2. The van der Waals surface area contributed by atoms with Crippen LogP contribution in [0.25, 0.3) is 0 Å². The first kappa shape index (κ1) is 15.5. The number of methoxy groups -OCH3 is 3. The minimum atomic E-state index is -0.300. The van der Waals surface area contributed by atoms with E-state index in [9.17, 15) is 5.11 Å². The third kappa shape index (κ3) is 2.57. The number of ether oxygens (including phenoxy) is 4. The highest BCUT2D eigenvalue weighted by atomic mass is 16.5. The van der Waals surface area contributed by atoms with Crippen molar-refractivity contribution in [2.24, 2.45) is 0 Å². The Kier molecular flexibility index (Phi) is 4.30. The van der Waals surface area contributed by atoms with E-state index in [0.29, 0.717) is 17.2 Å². The van der Waals surface area contributed by atoms with E-state index in [0.717, 1.165) is 16.9 Å². The number of hydrogen-bond acceptors (Lipinski definition) is 5. The number of rotatable bonds is 5. The van der Waals surface area contributed by atoms with Crippen LogP contribution in [0.1, 0.15) is 23.1 Å². The van der Waals surface area contributed by atoms with Crippen molar-refractivity contribution in [2.45, 2.75) is 12.0 Å². The van der Waals surface area contributed by atoms with Gasteiger partial charge in [-0.05, 0) is 18.2 Å². The summed E-state index contributed by atoms with van der Waals surface area (Å²) >= 11 is 0. The quantitative estimate of drug-likeness (QED) is 0.919. The number of hydrogen-bond donors (Lipinski definition) is 1. The van der Waals surface area contributed by atoms with Crippen LogP contribution in [-0.4, -0.2) is 33.0 Å². The van der Waals surface area contributed by atoms with Crippen molar-refractivity contribution in [3.63, 3.8) is 0 Å².